The molecule has 0 saturated carbocycles. The summed E-state index contributed by atoms with van der Waals surface area (Å²) in [4.78, 5) is 34.0. The van der Waals surface area contributed by atoms with E-state index >= 15 is 0 Å². The molecule has 0 saturated heterocycles. The topological polar surface area (TPSA) is 113 Å². The van der Waals surface area contributed by atoms with E-state index in [9.17, 15) is 14.4 Å². The van der Waals surface area contributed by atoms with Gasteiger partial charge in [-0.1, -0.05) is 0 Å². The van der Waals surface area contributed by atoms with Crippen molar-refractivity contribution < 1.29 is 19.5 Å². The summed E-state index contributed by atoms with van der Waals surface area (Å²) in [5.41, 5.74) is 5.11. The molecule has 0 aliphatic rings. The number of ketones is 1. The third-order valence-electron chi connectivity index (χ3n) is 1.81. The first-order chi connectivity index (χ1) is 6.93. The molecule has 1 amide bonds. The quantitative estimate of drug-likeness (QED) is 0.429. The second-order valence-corrected chi connectivity index (χ2v) is 2.98. The van der Waals surface area contributed by atoms with Gasteiger partial charge in [-0.3, -0.25) is 14.4 Å². The average Bonchev–Trinajstić information content (AvgIpc) is 2.17. The summed E-state index contributed by atoms with van der Waals surface area (Å²) in [6, 6.07) is -1.07. The number of carbonyl (C=O) groups excluding carboxylic acids is 2. The molecule has 0 spiro atoms. The van der Waals surface area contributed by atoms with Crippen molar-refractivity contribution >= 4 is 17.7 Å². The molecule has 4 N–H and O–H groups in total. The molecule has 86 valence electrons. The van der Waals surface area contributed by atoms with Gasteiger partial charge in [-0.05, 0) is 7.05 Å². The number of rotatable bonds is 6. The number of nitrogens with zero attached hydrogens (tertiary/aromatic N) is 1. The molecule has 0 aromatic carbocycles. The minimum absolute atomic E-state index is 0.266. The van der Waals surface area contributed by atoms with E-state index in [-0.39, 0.29) is 6.54 Å². The van der Waals surface area contributed by atoms with Gasteiger partial charge in [0.25, 0.3) is 0 Å². The van der Waals surface area contributed by atoms with Gasteiger partial charge in [-0.2, -0.15) is 0 Å². The lowest BCUT2D eigenvalue weighted by atomic mass is 10.1. The van der Waals surface area contributed by atoms with Crippen molar-refractivity contribution in [3.63, 3.8) is 0 Å². The fourth-order valence-electron chi connectivity index (χ4n) is 1.04. The minimum Gasteiger partial charge on any atom is -0.480 e. The van der Waals surface area contributed by atoms with Crippen LogP contribution in [0.4, 0.5) is 0 Å². The van der Waals surface area contributed by atoms with Gasteiger partial charge in [0.1, 0.15) is 12.6 Å². The predicted molar refractivity (Wildman–Crippen MR) is 52.2 cm³/mol. The molecule has 0 fully saturated rings. The largest absolute Gasteiger partial charge is 0.480 e. The van der Waals surface area contributed by atoms with E-state index in [0.717, 1.165) is 4.90 Å². The van der Waals surface area contributed by atoms with Crippen LogP contribution in [0.3, 0.4) is 0 Å². The summed E-state index contributed by atoms with van der Waals surface area (Å²) in [5, 5.41) is 11.0. The summed E-state index contributed by atoms with van der Waals surface area (Å²) in [5.74, 6) is -2.21. The van der Waals surface area contributed by atoms with Gasteiger partial charge in [-0.25, -0.2) is 0 Å². The monoisotopic (exact) mass is 217 g/mol. The molecular formula is C8H15N3O4. The fourth-order valence-corrected chi connectivity index (χ4v) is 1.04. The van der Waals surface area contributed by atoms with Crippen LogP contribution in [0, 0.1) is 0 Å². The predicted octanol–water partition coefficient (Wildman–Crippen LogP) is -2.35. The molecule has 0 aromatic heterocycles. The van der Waals surface area contributed by atoms with Crippen molar-refractivity contribution in [3.05, 3.63) is 0 Å². The maximum absolute atomic E-state index is 11.5. The zero-order valence-corrected chi connectivity index (χ0v) is 8.69. The lowest BCUT2D eigenvalue weighted by Gasteiger charge is -2.20. The molecule has 0 aliphatic heterocycles. The summed E-state index contributed by atoms with van der Waals surface area (Å²) in [7, 11) is 2.75. The van der Waals surface area contributed by atoms with Crippen LogP contribution in [-0.2, 0) is 14.4 Å². The van der Waals surface area contributed by atoms with Crippen LogP contribution in [0.5, 0.6) is 0 Å². The van der Waals surface area contributed by atoms with Gasteiger partial charge < -0.3 is 21.1 Å². The smallest absolute Gasteiger partial charge is 0.323 e. The Kier molecular flexibility index (Phi) is 5.50. The molecule has 0 radical (unpaired) electrons. The normalized spacial score (nSPS) is 11.9. The maximum Gasteiger partial charge on any atom is 0.323 e. The Labute approximate surface area is 87.2 Å². The number of hydrogen-bond acceptors (Lipinski definition) is 5. The summed E-state index contributed by atoms with van der Waals surface area (Å²) >= 11 is 0. The number of carboxylic acids is 1. The Hall–Kier alpha value is -1.47. The molecule has 7 nitrogen and oxygen atoms in total. The highest BCUT2D eigenvalue weighted by molar-refractivity contribution is 6.06. The zero-order chi connectivity index (χ0) is 12.0. The van der Waals surface area contributed by atoms with E-state index in [0.29, 0.717) is 0 Å². The summed E-state index contributed by atoms with van der Waals surface area (Å²) in [6.07, 6.45) is 0. The highest BCUT2D eigenvalue weighted by Crippen LogP contribution is 1.93. The number of Topliss-reactive ketones (excluding diaryl/α,β-unsaturated/α-hetero) is 1. The number of hydrogen-bond donors (Lipinski definition) is 3. The number of amides is 1. The van der Waals surface area contributed by atoms with Gasteiger partial charge in [0.2, 0.25) is 5.91 Å². The molecule has 0 aliphatic carbocycles. The number of nitrogens with two attached hydrogens (primary N) is 1. The first-order valence-corrected chi connectivity index (χ1v) is 4.30. The number of nitrogens with one attached hydrogen (secondary N) is 1. The van der Waals surface area contributed by atoms with Crippen molar-refractivity contribution in [2.24, 2.45) is 5.73 Å². The maximum atomic E-state index is 11.5. The van der Waals surface area contributed by atoms with E-state index in [4.69, 9.17) is 10.8 Å². The van der Waals surface area contributed by atoms with Crippen LogP contribution in [0.25, 0.3) is 0 Å². The third kappa shape index (κ3) is 4.05. The Morgan fingerprint density at radius 3 is 2.33 bits per heavy atom. The van der Waals surface area contributed by atoms with Crippen LogP contribution in [0.2, 0.25) is 0 Å². The zero-order valence-electron chi connectivity index (χ0n) is 8.69. The van der Waals surface area contributed by atoms with Crippen molar-refractivity contribution in [1.82, 2.24) is 10.2 Å². The Morgan fingerprint density at radius 1 is 1.47 bits per heavy atom. The van der Waals surface area contributed by atoms with Gasteiger partial charge in [0.05, 0.1) is 6.54 Å². The van der Waals surface area contributed by atoms with Crippen LogP contribution in [0.15, 0.2) is 0 Å². The fraction of sp³-hybridized carbons (Fsp3) is 0.625. The molecule has 0 heterocycles. The Balaban J connectivity index is 4.51. The molecule has 15 heavy (non-hydrogen) atoms. The molecule has 0 rings (SSSR count). The number of aliphatic carboxylic acids is 1. The Bertz CT molecular complexity index is 267. The minimum atomic E-state index is -1.14. The molecule has 0 bridgehead atoms. The van der Waals surface area contributed by atoms with Gasteiger partial charge in [-0.15, -0.1) is 0 Å². The molecule has 1 atom stereocenters. The standard InChI is InChI=1S/C8H15N3O4/c1-10-7(5(12)3-9)8(15)11(2)4-6(13)14/h7,10H,3-4,9H2,1-2H3,(H,13,14). The van der Waals surface area contributed by atoms with Crippen LogP contribution < -0.4 is 11.1 Å². The second-order valence-electron chi connectivity index (χ2n) is 2.98. The highest BCUT2D eigenvalue weighted by Gasteiger charge is 2.27. The number of carboxylic acid groups (broad SMARTS) is 1. The third-order valence-corrected chi connectivity index (χ3v) is 1.81. The highest BCUT2D eigenvalue weighted by atomic mass is 16.4. The van der Waals surface area contributed by atoms with Crippen LogP contribution in [-0.4, -0.2) is 60.9 Å². The van der Waals surface area contributed by atoms with E-state index in [1.165, 1.54) is 14.1 Å². The second kappa shape index (κ2) is 6.10. The van der Waals surface area contributed by atoms with Gasteiger partial charge >= 0.3 is 5.97 Å². The van der Waals surface area contributed by atoms with Crippen molar-refractivity contribution in [1.29, 1.82) is 0 Å². The van der Waals surface area contributed by atoms with Crippen molar-refractivity contribution in [2.45, 2.75) is 6.04 Å². The van der Waals surface area contributed by atoms with E-state index in [1.54, 1.807) is 0 Å². The van der Waals surface area contributed by atoms with Gasteiger partial charge in [0.15, 0.2) is 5.78 Å². The average molecular weight is 217 g/mol. The lowest BCUT2D eigenvalue weighted by Crippen LogP contribution is -2.51. The summed E-state index contributed by atoms with van der Waals surface area (Å²) in [6.45, 7) is -0.715. The van der Waals surface area contributed by atoms with Crippen LogP contribution in [0.1, 0.15) is 0 Å². The van der Waals surface area contributed by atoms with E-state index < -0.39 is 30.2 Å². The lowest BCUT2D eigenvalue weighted by molar-refractivity contribution is -0.145. The number of carbonyl (C=O) groups is 3. The van der Waals surface area contributed by atoms with Crippen LogP contribution >= 0.6 is 0 Å². The van der Waals surface area contributed by atoms with Crippen molar-refractivity contribution in [3.8, 4) is 0 Å². The van der Waals surface area contributed by atoms with Crippen molar-refractivity contribution in [2.75, 3.05) is 27.2 Å². The molecule has 1 unspecified atom stereocenters. The molecule has 7 heteroatoms. The molecule has 0 aromatic rings. The van der Waals surface area contributed by atoms with E-state index in [1.807, 2.05) is 0 Å². The number of likely N-dealkylation sites (N-methyl/N-ethyl adjacent to an activating group) is 2. The molecular weight excluding hydrogens is 202 g/mol. The van der Waals surface area contributed by atoms with E-state index in [2.05, 4.69) is 5.32 Å². The first kappa shape index (κ1) is 13.5. The Morgan fingerprint density at radius 2 is 2.00 bits per heavy atom. The first-order valence-electron chi connectivity index (χ1n) is 4.30. The summed E-state index contributed by atoms with van der Waals surface area (Å²) < 4.78 is 0. The van der Waals surface area contributed by atoms with Gasteiger partial charge in [0, 0.05) is 7.05 Å². The SMILES string of the molecule is CNC(C(=O)CN)C(=O)N(C)CC(=O)O.